The number of benzene rings is 1. The van der Waals surface area contributed by atoms with Crippen molar-refractivity contribution in [2.75, 3.05) is 13.9 Å². The van der Waals surface area contributed by atoms with Gasteiger partial charge in [-0.3, -0.25) is 4.79 Å². The lowest BCUT2D eigenvalue weighted by atomic mass is 9.44. The molecule has 4 aliphatic carbocycles. The summed E-state index contributed by atoms with van der Waals surface area (Å²) in [5.74, 6) is 3.78. The molecule has 4 aliphatic rings. The molecule has 0 radical (unpaired) electrons. The van der Waals surface area contributed by atoms with Gasteiger partial charge in [-0.05, 0) is 103 Å². The standard InChI is InChI=1S/C33H48O4/c1-23(13-16-30(34)35-4)26-14-15-27-31-28(17-19-33(26,27)3)32(2)18-9-8-12-25(32)20-29(31)37-22-36-21-24-10-6-5-7-11-24/h5-8,10-12,23,25-29,31H,9,13-22H2,1-4H3/t23-,25?,26-,27+,28+,29-,31+,32+,33-/m1/s1. The van der Waals surface area contributed by atoms with E-state index in [1.807, 2.05) is 6.07 Å². The minimum absolute atomic E-state index is 0.0733. The second-order valence-corrected chi connectivity index (χ2v) is 13.1. The fraction of sp³-hybridized carbons (Fsp3) is 0.727. The number of ether oxygens (including phenoxy) is 3. The maximum absolute atomic E-state index is 11.9. The Kier molecular flexibility index (Phi) is 8.17. The minimum Gasteiger partial charge on any atom is -0.469 e. The number of hydrogen-bond acceptors (Lipinski definition) is 4. The van der Waals surface area contributed by atoms with Crippen LogP contribution in [0.1, 0.15) is 84.1 Å². The van der Waals surface area contributed by atoms with Crippen molar-refractivity contribution in [1.29, 1.82) is 0 Å². The van der Waals surface area contributed by atoms with Crippen LogP contribution in [0.5, 0.6) is 0 Å². The van der Waals surface area contributed by atoms with Gasteiger partial charge in [-0.1, -0.05) is 63.3 Å². The number of hydrogen-bond donors (Lipinski definition) is 0. The summed E-state index contributed by atoms with van der Waals surface area (Å²) in [4.78, 5) is 11.9. The van der Waals surface area contributed by atoms with Crippen LogP contribution in [0.4, 0.5) is 0 Å². The predicted molar refractivity (Wildman–Crippen MR) is 147 cm³/mol. The molecule has 0 aliphatic heterocycles. The maximum Gasteiger partial charge on any atom is 0.305 e. The zero-order valence-corrected chi connectivity index (χ0v) is 23.5. The predicted octanol–water partition coefficient (Wildman–Crippen LogP) is 7.57. The van der Waals surface area contributed by atoms with Crippen LogP contribution in [0.2, 0.25) is 0 Å². The Bertz CT molecular complexity index is 943. The van der Waals surface area contributed by atoms with Gasteiger partial charge in [0.25, 0.3) is 0 Å². The van der Waals surface area contributed by atoms with Crippen molar-refractivity contribution < 1.29 is 19.0 Å². The van der Waals surface area contributed by atoms with Gasteiger partial charge < -0.3 is 14.2 Å². The minimum atomic E-state index is -0.0733. The fourth-order valence-corrected chi connectivity index (χ4v) is 9.43. The maximum atomic E-state index is 11.9. The Morgan fingerprint density at radius 2 is 1.84 bits per heavy atom. The highest BCUT2D eigenvalue weighted by Crippen LogP contribution is 2.68. The van der Waals surface area contributed by atoms with E-state index in [-0.39, 0.29) is 12.1 Å². The first kappa shape index (κ1) is 26.9. The van der Waals surface area contributed by atoms with Crippen LogP contribution in [0, 0.1) is 46.3 Å². The van der Waals surface area contributed by atoms with Gasteiger partial charge in [0, 0.05) is 6.42 Å². The van der Waals surface area contributed by atoms with E-state index < -0.39 is 0 Å². The Hall–Kier alpha value is -1.65. The molecule has 0 bridgehead atoms. The summed E-state index contributed by atoms with van der Waals surface area (Å²) in [5.41, 5.74) is 1.91. The molecule has 37 heavy (non-hydrogen) atoms. The van der Waals surface area contributed by atoms with Crippen LogP contribution in [0.3, 0.4) is 0 Å². The van der Waals surface area contributed by atoms with E-state index >= 15 is 0 Å². The highest BCUT2D eigenvalue weighted by Gasteiger charge is 2.62. The van der Waals surface area contributed by atoms with E-state index in [2.05, 4.69) is 57.2 Å². The van der Waals surface area contributed by atoms with Crippen LogP contribution in [0.25, 0.3) is 0 Å². The summed E-state index contributed by atoms with van der Waals surface area (Å²) >= 11 is 0. The van der Waals surface area contributed by atoms with E-state index in [4.69, 9.17) is 14.2 Å². The number of allylic oxidation sites excluding steroid dienone is 2. The third kappa shape index (κ3) is 5.17. The van der Waals surface area contributed by atoms with Crippen molar-refractivity contribution in [1.82, 2.24) is 0 Å². The quantitative estimate of drug-likeness (QED) is 0.149. The normalized spacial score (nSPS) is 39.4. The Labute approximate surface area is 224 Å². The average Bonchev–Trinajstić information content (AvgIpc) is 3.27. The van der Waals surface area contributed by atoms with Crippen molar-refractivity contribution in [2.24, 2.45) is 46.3 Å². The Morgan fingerprint density at radius 1 is 1.05 bits per heavy atom. The topological polar surface area (TPSA) is 44.8 Å². The van der Waals surface area contributed by atoms with E-state index in [9.17, 15) is 4.79 Å². The zero-order chi connectivity index (χ0) is 26.0. The smallest absolute Gasteiger partial charge is 0.305 e. The number of fused-ring (bicyclic) bond motifs is 5. The molecule has 4 nitrogen and oxygen atoms in total. The molecule has 0 spiro atoms. The van der Waals surface area contributed by atoms with Gasteiger partial charge in [0.05, 0.1) is 19.8 Å². The van der Waals surface area contributed by atoms with Crippen LogP contribution in [0.15, 0.2) is 42.5 Å². The van der Waals surface area contributed by atoms with E-state index in [1.54, 1.807) is 0 Å². The first-order valence-corrected chi connectivity index (χ1v) is 14.8. The summed E-state index contributed by atoms with van der Waals surface area (Å²) < 4.78 is 17.7. The zero-order valence-electron chi connectivity index (χ0n) is 23.5. The lowest BCUT2D eigenvalue weighted by Crippen LogP contribution is -2.57. The second kappa shape index (κ2) is 11.2. The largest absolute Gasteiger partial charge is 0.469 e. The van der Waals surface area contributed by atoms with Crippen molar-refractivity contribution in [3.05, 3.63) is 48.0 Å². The molecule has 5 rings (SSSR count). The monoisotopic (exact) mass is 508 g/mol. The van der Waals surface area contributed by atoms with Crippen LogP contribution < -0.4 is 0 Å². The number of carbonyl (C=O) groups excluding carboxylic acids is 1. The molecule has 0 amide bonds. The average molecular weight is 509 g/mol. The molecular weight excluding hydrogens is 460 g/mol. The fourth-order valence-electron chi connectivity index (χ4n) is 9.43. The number of carbonyl (C=O) groups is 1. The lowest BCUT2D eigenvalue weighted by molar-refractivity contribution is -0.197. The van der Waals surface area contributed by atoms with Gasteiger partial charge in [0.1, 0.15) is 6.79 Å². The molecule has 0 saturated heterocycles. The van der Waals surface area contributed by atoms with Crippen molar-refractivity contribution in [3.63, 3.8) is 0 Å². The van der Waals surface area contributed by atoms with E-state index in [0.29, 0.717) is 60.2 Å². The first-order chi connectivity index (χ1) is 17.9. The summed E-state index contributed by atoms with van der Waals surface area (Å²) in [7, 11) is 1.50. The second-order valence-electron chi connectivity index (χ2n) is 13.1. The third-order valence-electron chi connectivity index (χ3n) is 11.4. The van der Waals surface area contributed by atoms with Gasteiger partial charge in [-0.15, -0.1) is 0 Å². The highest BCUT2D eigenvalue weighted by atomic mass is 16.7. The molecule has 1 aromatic rings. The molecule has 3 saturated carbocycles. The lowest BCUT2D eigenvalue weighted by Gasteiger charge is -2.61. The van der Waals surface area contributed by atoms with Gasteiger partial charge in [-0.25, -0.2) is 0 Å². The number of rotatable bonds is 9. The third-order valence-corrected chi connectivity index (χ3v) is 11.4. The molecule has 0 heterocycles. The molecular formula is C33H48O4. The molecule has 1 unspecified atom stereocenters. The first-order valence-electron chi connectivity index (χ1n) is 14.8. The molecule has 1 aromatic carbocycles. The molecule has 4 heteroatoms. The molecule has 3 fully saturated rings. The Balaban J connectivity index is 1.32. The highest BCUT2D eigenvalue weighted by molar-refractivity contribution is 5.69. The summed E-state index contributed by atoms with van der Waals surface area (Å²) in [6.07, 6.45) is 15.5. The number of esters is 1. The molecule has 204 valence electrons. The van der Waals surface area contributed by atoms with Crippen molar-refractivity contribution in [2.45, 2.75) is 91.3 Å². The van der Waals surface area contributed by atoms with Gasteiger partial charge in [0.15, 0.2) is 0 Å². The summed E-state index contributed by atoms with van der Waals surface area (Å²) in [6.45, 7) is 8.53. The molecule has 0 N–H and O–H groups in total. The Morgan fingerprint density at radius 3 is 2.62 bits per heavy atom. The van der Waals surface area contributed by atoms with E-state index in [0.717, 1.165) is 18.8 Å². The SMILES string of the molecule is COC(=O)CC[C@@H](C)[C@H]1CC[C@H]2[C@@H]3[C@H](OCOCc4ccccc4)CC4C=CCC[C@]4(C)[C@H]3CC[C@]12C. The van der Waals surface area contributed by atoms with Crippen LogP contribution in [-0.4, -0.2) is 26.0 Å². The van der Waals surface area contributed by atoms with Crippen molar-refractivity contribution >= 4 is 5.97 Å². The van der Waals surface area contributed by atoms with E-state index in [1.165, 1.54) is 51.2 Å². The summed E-state index contributed by atoms with van der Waals surface area (Å²) in [6, 6.07) is 10.4. The summed E-state index contributed by atoms with van der Waals surface area (Å²) in [5, 5.41) is 0. The van der Waals surface area contributed by atoms with Gasteiger partial charge in [-0.2, -0.15) is 0 Å². The molecule has 0 aromatic heterocycles. The van der Waals surface area contributed by atoms with Crippen LogP contribution in [-0.2, 0) is 25.6 Å². The number of methoxy groups -OCH3 is 1. The van der Waals surface area contributed by atoms with Crippen LogP contribution >= 0.6 is 0 Å². The van der Waals surface area contributed by atoms with Crippen molar-refractivity contribution in [3.8, 4) is 0 Å². The molecule has 9 atom stereocenters. The van der Waals surface area contributed by atoms with Gasteiger partial charge in [0.2, 0.25) is 0 Å². The van der Waals surface area contributed by atoms with Gasteiger partial charge >= 0.3 is 5.97 Å².